The molecule has 0 aliphatic carbocycles. The van der Waals surface area contributed by atoms with Crippen molar-refractivity contribution >= 4 is 44.5 Å². The fourth-order valence-corrected chi connectivity index (χ4v) is 3.52. The first-order valence-electron chi connectivity index (χ1n) is 6.97. The Bertz CT molecular complexity index is 800. The quantitative estimate of drug-likeness (QED) is 0.511. The van der Waals surface area contributed by atoms with Gasteiger partial charge in [-0.1, -0.05) is 40.2 Å². The van der Waals surface area contributed by atoms with E-state index in [1.54, 1.807) is 11.8 Å². The van der Waals surface area contributed by atoms with Crippen LogP contribution < -0.4 is 5.32 Å². The zero-order chi connectivity index (χ0) is 15.4. The Morgan fingerprint density at radius 3 is 2.91 bits per heavy atom. The molecule has 112 valence electrons. The number of fused-ring (bicyclic) bond motifs is 1. The van der Waals surface area contributed by atoms with Crippen LogP contribution in [0.4, 0.5) is 0 Å². The summed E-state index contributed by atoms with van der Waals surface area (Å²) in [6.07, 6.45) is 2.02. The van der Waals surface area contributed by atoms with Gasteiger partial charge in [-0.2, -0.15) is 0 Å². The fourth-order valence-electron chi connectivity index (χ4n) is 2.22. The highest BCUT2D eigenvalue weighted by atomic mass is 79.9. The summed E-state index contributed by atoms with van der Waals surface area (Å²) in [6, 6.07) is 15.6. The highest BCUT2D eigenvalue weighted by Crippen LogP contribution is 2.27. The van der Waals surface area contributed by atoms with Crippen molar-refractivity contribution in [3.8, 4) is 0 Å². The number of carbonyl (C=O) groups excluding carboxylic acids is 1. The minimum absolute atomic E-state index is 0.0409. The monoisotopic (exact) mass is 374 g/mol. The van der Waals surface area contributed by atoms with Gasteiger partial charge in [0.1, 0.15) is 0 Å². The zero-order valence-corrected chi connectivity index (χ0v) is 14.2. The van der Waals surface area contributed by atoms with E-state index in [1.807, 2.05) is 42.6 Å². The van der Waals surface area contributed by atoms with Crippen LogP contribution in [-0.2, 0) is 0 Å². The van der Waals surface area contributed by atoms with Gasteiger partial charge in [0.05, 0.1) is 0 Å². The summed E-state index contributed by atoms with van der Waals surface area (Å²) in [5.74, 6) is 0.794. The molecule has 0 bridgehead atoms. The van der Waals surface area contributed by atoms with Crippen LogP contribution in [-0.4, -0.2) is 23.2 Å². The second-order valence-electron chi connectivity index (χ2n) is 4.81. The third-order valence-electron chi connectivity index (χ3n) is 3.28. The van der Waals surface area contributed by atoms with E-state index in [1.165, 1.54) is 10.3 Å². The molecule has 2 N–H and O–H groups in total. The maximum Gasteiger partial charge on any atom is 0.251 e. The molecular weight excluding hydrogens is 360 g/mol. The number of amides is 1. The molecule has 3 nitrogen and oxygen atoms in total. The Balaban J connectivity index is 1.52. The molecule has 0 fully saturated rings. The van der Waals surface area contributed by atoms with Gasteiger partial charge in [0.15, 0.2) is 0 Å². The van der Waals surface area contributed by atoms with Crippen LogP contribution in [0.3, 0.4) is 0 Å². The van der Waals surface area contributed by atoms with Crippen molar-refractivity contribution in [1.82, 2.24) is 10.3 Å². The van der Waals surface area contributed by atoms with Gasteiger partial charge in [0.2, 0.25) is 0 Å². The zero-order valence-electron chi connectivity index (χ0n) is 11.8. The van der Waals surface area contributed by atoms with E-state index in [9.17, 15) is 4.79 Å². The summed E-state index contributed by atoms with van der Waals surface area (Å²) in [4.78, 5) is 16.5. The van der Waals surface area contributed by atoms with Crippen LogP contribution in [0.15, 0.2) is 64.1 Å². The summed E-state index contributed by atoms with van der Waals surface area (Å²) in [5, 5.41) is 4.17. The van der Waals surface area contributed by atoms with Crippen LogP contribution in [0.1, 0.15) is 10.4 Å². The third-order valence-corrected chi connectivity index (χ3v) is 4.83. The molecule has 0 saturated heterocycles. The van der Waals surface area contributed by atoms with E-state index in [0.29, 0.717) is 12.1 Å². The number of thioether (sulfide) groups is 1. The number of aromatic nitrogens is 1. The number of hydrogen-bond acceptors (Lipinski definition) is 2. The molecule has 2 aromatic carbocycles. The Hall–Kier alpha value is -1.72. The molecule has 0 aliphatic rings. The average molecular weight is 375 g/mol. The van der Waals surface area contributed by atoms with Gasteiger partial charge in [-0.25, -0.2) is 0 Å². The lowest BCUT2D eigenvalue weighted by molar-refractivity contribution is 0.0956. The van der Waals surface area contributed by atoms with Crippen LogP contribution >= 0.6 is 27.7 Å². The number of hydrogen-bond donors (Lipinski definition) is 2. The Morgan fingerprint density at radius 1 is 1.18 bits per heavy atom. The number of carbonyl (C=O) groups is 1. The van der Waals surface area contributed by atoms with Crippen molar-refractivity contribution in [2.75, 3.05) is 12.3 Å². The number of H-pyrrole nitrogens is 1. The molecule has 0 atom stereocenters. The molecule has 0 spiro atoms. The van der Waals surface area contributed by atoms with Gasteiger partial charge in [-0.15, -0.1) is 11.8 Å². The molecule has 22 heavy (non-hydrogen) atoms. The summed E-state index contributed by atoms with van der Waals surface area (Å²) in [6.45, 7) is 0.634. The summed E-state index contributed by atoms with van der Waals surface area (Å²) in [7, 11) is 0. The standard InChI is InChI=1S/C17H15BrN2OS/c18-13-5-3-4-12(10-13)17(21)19-8-9-22-16-11-20-15-7-2-1-6-14(15)16/h1-7,10-11,20H,8-9H2,(H,19,21). The molecule has 0 aliphatic heterocycles. The SMILES string of the molecule is O=C(NCCSc1c[nH]c2ccccc12)c1cccc(Br)c1. The minimum atomic E-state index is -0.0409. The fraction of sp³-hybridized carbons (Fsp3) is 0.118. The molecule has 5 heteroatoms. The van der Waals surface area contributed by atoms with Crippen molar-refractivity contribution < 1.29 is 4.79 Å². The highest BCUT2D eigenvalue weighted by Gasteiger charge is 2.06. The van der Waals surface area contributed by atoms with Gasteiger partial charge < -0.3 is 10.3 Å². The molecular formula is C17H15BrN2OS. The lowest BCUT2D eigenvalue weighted by Crippen LogP contribution is -2.25. The topological polar surface area (TPSA) is 44.9 Å². The normalized spacial score (nSPS) is 10.8. The van der Waals surface area contributed by atoms with Gasteiger partial charge in [0, 0.05) is 44.3 Å². The third kappa shape index (κ3) is 3.54. The molecule has 1 heterocycles. The van der Waals surface area contributed by atoms with E-state index in [4.69, 9.17) is 0 Å². The van der Waals surface area contributed by atoms with Crippen LogP contribution in [0.5, 0.6) is 0 Å². The number of aromatic amines is 1. The second-order valence-corrected chi connectivity index (χ2v) is 6.87. The Labute approximate surface area is 141 Å². The first-order chi connectivity index (χ1) is 10.7. The minimum Gasteiger partial charge on any atom is -0.360 e. The Kier molecular flexibility index (Phi) is 4.85. The number of benzene rings is 2. The summed E-state index contributed by atoms with van der Waals surface area (Å²) < 4.78 is 0.910. The lowest BCUT2D eigenvalue weighted by atomic mass is 10.2. The maximum absolute atomic E-state index is 12.0. The molecule has 1 aromatic heterocycles. The molecule has 3 aromatic rings. The molecule has 0 saturated carbocycles. The van der Waals surface area contributed by atoms with Crippen LogP contribution in [0.25, 0.3) is 10.9 Å². The smallest absolute Gasteiger partial charge is 0.251 e. The van der Waals surface area contributed by atoms with Gasteiger partial charge >= 0.3 is 0 Å². The predicted octanol–water partition coefficient (Wildman–Crippen LogP) is 4.45. The molecule has 1 amide bonds. The van der Waals surface area contributed by atoms with Gasteiger partial charge in [-0.3, -0.25) is 4.79 Å². The maximum atomic E-state index is 12.0. The van der Waals surface area contributed by atoms with Gasteiger partial charge in [0.25, 0.3) is 5.91 Å². The first-order valence-corrected chi connectivity index (χ1v) is 8.74. The molecule has 3 rings (SSSR count). The molecule has 0 unspecified atom stereocenters. The predicted molar refractivity (Wildman–Crippen MR) is 95.5 cm³/mol. The van der Waals surface area contributed by atoms with Crippen molar-refractivity contribution in [3.05, 3.63) is 64.8 Å². The second kappa shape index (κ2) is 7.03. The summed E-state index contributed by atoms with van der Waals surface area (Å²) >= 11 is 5.12. The van der Waals surface area contributed by atoms with E-state index < -0.39 is 0 Å². The molecule has 0 radical (unpaired) electrons. The van der Waals surface area contributed by atoms with Crippen molar-refractivity contribution in [2.45, 2.75) is 4.90 Å². The van der Waals surface area contributed by atoms with E-state index >= 15 is 0 Å². The Morgan fingerprint density at radius 2 is 2.05 bits per heavy atom. The number of halogens is 1. The van der Waals surface area contributed by atoms with Crippen LogP contribution in [0, 0.1) is 0 Å². The van der Waals surface area contributed by atoms with Crippen molar-refractivity contribution in [3.63, 3.8) is 0 Å². The van der Waals surface area contributed by atoms with E-state index in [0.717, 1.165) is 15.7 Å². The largest absolute Gasteiger partial charge is 0.360 e. The lowest BCUT2D eigenvalue weighted by Gasteiger charge is -2.05. The summed E-state index contributed by atoms with van der Waals surface area (Å²) in [5.41, 5.74) is 1.81. The van der Waals surface area contributed by atoms with E-state index in [2.05, 4.69) is 38.4 Å². The average Bonchev–Trinajstić information content (AvgIpc) is 2.95. The first kappa shape index (κ1) is 15.2. The van der Waals surface area contributed by atoms with E-state index in [-0.39, 0.29) is 5.91 Å². The van der Waals surface area contributed by atoms with Crippen molar-refractivity contribution in [2.24, 2.45) is 0 Å². The van der Waals surface area contributed by atoms with Crippen LogP contribution in [0.2, 0.25) is 0 Å². The number of para-hydroxylation sites is 1. The number of rotatable bonds is 5. The van der Waals surface area contributed by atoms with Crippen molar-refractivity contribution in [1.29, 1.82) is 0 Å². The highest BCUT2D eigenvalue weighted by molar-refractivity contribution is 9.10. The number of nitrogens with one attached hydrogen (secondary N) is 2. The van der Waals surface area contributed by atoms with Gasteiger partial charge in [-0.05, 0) is 24.3 Å².